The summed E-state index contributed by atoms with van der Waals surface area (Å²) < 4.78 is 14.7. The summed E-state index contributed by atoms with van der Waals surface area (Å²) in [5.41, 5.74) is 0.497. The van der Waals surface area contributed by atoms with Gasteiger partial charge in [-0.2, -0.15) is 4.98 Å². The molecule has 0 saturated heterocycles. The van der Waals surface area contributed by atoms with Crippen molar-refractivity contribution in [2.75, 3.05) is 23.3 Å². The number of aromatic nitrogens is 2. The number of nitrogens with one attached hydrogen (secondary N) is 1. The molecule has 1 N–H and O–H groups in total. The smallest absolute Gasteiger partial charge is 0.224 e. The van der Waals surface area contributed by atoms with E-state index >= 15 is 0 Å². The summed E-state index contributed by atoms with van der Waals surface area (Å²) in [4.78, 5) is 10.4. The van der Waals surface area contributed by atoms with Gasteiger partial charge in [-0.25, -0.2) is 9.37 Å². The fourth-order valence-corrected chi connectivity index (χ4v) is 2.30. The highest BCUT2D eigenvalue weighted by Crippen LogP contribution is 2.31. The topological polar surface area (TPSA) is 41.1 Å². The van der Waals surface area contributed by atoms with Crippen LogP contribution in [0.25, 0.3) is 0 Å². The van der Waals surface area contributed by atoms with E-state index in [-0.39, 0.29) is 5.82 Å². The molecule has 1 aromatic heterocycles. The molecule has 6 heteroatoms. The van der Waals surface area contributed by atoms with Crippen molar-refractivity contribution in [3.63, 3.8) is 0 Å². The fraction of sp³-hybridized carbons (Fsp3) is 0.286. The Balaban J connectivity index is 2.46. The van der Waals surface area contributed by atoms with E-state index in [1.165, 1.54) is 6.07 Å². The van der Waals surface area contributed by atoms with Crippen LogP contribution in [0.4, 0.5) is 21.8 Å². The predicted octanol–water partition coefficient (Wildman–Crippen LogP) is 3.97. The zero-order valence-corrected chi connectivity index (χ0v) is 13.0. The summed E-state index contributed by atoms with van der Waals surface area (Å²) in [7, 11) is 0. The Morgan fingerprint density at radius 2 is 2.05 bits per heavy atom. The van der Waals surface area contributed by atoms with Crippen LogP contribution in [0.3, 0.4) is 0 Å². The first-order valence-corrected chi connectivity index (χ1v) is 7.25. The van der Waals surface area contributed by atoms with Gasteiger partial charge in [0.15, 0.2) is 5.82 Å². The first-order valence-electron chi connectivity index (χ1n) is 6.45. The molecule has 0 radical (unpaired) electrons. The number of benzene rings is 1. The molecule has 0 aliphatic heterocycles. The van der Waals surface area contributed by atoms with E-state index in [0.717, 1.165) is 11.0 Å². The van der Waals surface area contributed by atoms with Crippen LogP contribution >= 0.6 is 15.9 Å². The summed E-state index contributed by atoms with van der Waals surface area (Å²) in [6.07, 6.45) is 1.67. The quantitative estimate of drug-likeness (QED) is 0.895. The van der Waals surface area contributed by atoms with E-state index in [1.54, 1.807) is 24.4 Å². The third kappa shape index (κ3) is 3.07. The Labute approximate surface area is 126 Å². The van der Waals surface area contributed by atoms with Crippen LogP contribution < -0.4 is 10.2 Å². The summed E-state index contributed by atoms with van der Waals surface area (Å²) in [6, 6.07) is 6.66. The molecule has 0 aliphatic rings. The number of anilines is 3. The summed E-state index contributed by atoms with van der Waals surface area (Å²) in [5, 5.41) is 3.06. The Kier molecular flexibility index (Phi) is 4.89. The van der Waals surface area contributed by atoms with Crippen molar-refractivity contribution < 1.29 is 4.39 Å². The van der Waals surface area contributed by atoms with Crippen LogP contribution in [0, 0.1) is 5.82 Å². The van der Waals surface area contributed by atoms with Crippen LogP contribution in [-0.4, -0.2) is 23.1 Å². The number of para-hydroxylation sites is 1. The average Bonchev–Trinajstić information content (AvgIpc) is 2.45. The van der Waals surface area contributed by atoms with Gasteiger partial charge >= 0.3 is 0 Å². The van der Waals surface area contributed by atoms with Gasteiger partial charge in [0.25, 0.3) is 0 Å². The highest BCUT2D eigenvalue weighted by atomic mass is 79.9. The molecule has 2 aromatic rings. The van der Waals surface area contributed by atoms with Gasteiger partial charge in [0.2, 0.25) is 5.95 Å². The summed E-state index contributed by atoms with van der Waals surface area (Å²) >= 11 is 3.43. The Morgan fingerprint density at radius 3 is 2.70 bits per heavy atom. The first kappa shape index (κ1) is 14.7. The third-order valence-corrected chi connectivity index (χ3v) is 3.34. The van der Waals surface area contributed by atoms with Crippen molar-refractivity contribution in [2.24, 2.45) is 0 Å². The molecule has 0 atom stereocenters. The maximum Gasteiger partial charge on any atom is 0.224 e. The lowest BCUT2D eigenvalue weighted by molar-refractivity contribution is 0.625. The van der Waals surface area contributed by atoms with E-state index in [2.05, 4.69) is 31.2 Å². The molecule has 1 aromatic carbocycles. The second kappa shape index (κ2) is 6.65. The van der Waals surface area contributed by atoms with Crippen LogP contribution in [0.5, 0.6) is 0 Å². The maximum atomic E-state index is 14.0. The van der Waals surface area contributed by atoms with E-state index < -0.39 is 0 Å². The average molecular weight is 339 g/mol. The van der Waals surface area contributed by atoms with E-state index in [4.69, 9.17) is 0 Å². The lowest BCUT2D eigenvalue weighted by atomic mass is 10.2. The molecule has 106 valence electrons. The van der Waals surface area contributed by atoms with Crippen molar-refractivity contribution in [3.8, 4) is 0 Å². The van der Waals surface area contributed by atoms with E-state index in [0.29, 0.717) is 24.0 Å². The monoisotopic (exact) mass is 338 g/mol. The largest absolute Gasteiger partial charge is 0.354 e. The number of rotatable bonds is 5. The minimum atomic E-state index is -0.273. The molecule has 0 saturated carbocycles. The van der Waals surface area contributed by atoms with E-state index in [1.807, 2.05) is 18.7 Å². The normalized spacial score (nSPS) is 10.4. The molecule has 4 nitrogen and oxygen atoms in total. The SMILES string of the molecule is CCNc1ncc(Br)c(N(CC)c2ccccc2F)n1. The minimum Gasteiger partial charge on any atom is -0.354 e. The second-order valence-electron chi connectivity index (χ2n) is 4.09. The van der Waals surface area contributed by atoms with E-state index in [9.17, 15) is 4.39 Å². The minimum absolute atomic E-state index is 0.273. The number of hydrogen-bond acceptors (Lipinski definition) is 4. The van der Waals surface area contributed by atoms with Gasteiger partial charge in [-0.1, -0.05) is 12.1 Å². The number of hydrogen-bond donors (Lipinski definition) is 1. The lowest BCUT2D eigenvalue weighted by Crippen LogP contribution is -2.20. The number of halogens is 2. The molecule has 0 spiro atoms. The Morgan fingerprint density at radius 1 is 1.30 bits per heavy atom. The van der Waals surface area contributed by atoms with Crippen LogP contribution in [0.2, 0.25) is 0 Å². The molecule has 0 aliphatic carbocycles. The predicted molar refractivity (Wildman–Crippen MR) is 83.0 cm³/mol. The van der Waals surface area contributed by atoms with Crippen molar-refractivity contribution in [1.29, 1.82) is 0 Å². The van der Waals surface area contributed by atoms with Crippen molar-refractivity contribution in [1.82, 2.24) is 9.97 Å². The van der Waals surface area contributed by atoms with Crippen molar-refractivity contribution in [2.45, 2.75) is 13.8 Å². The van der Waals surface area contributed by atoms with Gasteiger partial charge in [0, 0.05) is 19.3 Å². The van der Waals surface area contributed by atoms with Gasteiger partial charge in [0.1, 0.15) is 5.82 Å². The van der Waals surface area contributed by atoms with Gasteiger partial charge < -0.3 is 10.2 Å². The molecule has 2 rings (SSSR count). The molecule has 1 heterocycles. The maximum absolute atomic E-state index is 14.0. The van der Waals surface area contributed by atoms with Crippen LogP contribution in [0.15, 0.2) is 34.9 Å². The van der Waals surface area contributed by atoms with Crippen LogP contribution in [-0.2, 0) is 0 Å². The van der Waals surface area contributed by atoms with Gasteiger partial charge in [-0.15, -0.1) is 0 Å². The van der Waals surface area contributed by atoms with Crippen molar-refractivity contribution >= 4 is 33.4 Å². The number of nitrogens with zero attached hydrogens (tertiary/aromatic N) is 3. The molecule has 0 bridgehead atoms. The Bertz CT molecular complexity index is 591. The first-order chi connectivity index (χ1) is 9.67. The third-order valence-electron chi connectivity index (χ3n) is 2.78. The second-order valence-corrected chi connectivity index (χ2v) is 4.95. The molecule has 0 amide bonds. The highest BCUT2D eigenvalue weighted by Gasteiger charge is 2.16. The highest BCUT2D eigenvalue weighted by molar-refractivity contribution is 9.10. The standard InChI is InChI=1S/C14H16BrFN4/c1-3-17-14-18-9-10(15)13(19-14)20(4-2)12-8-6-5-7-11(12)16/h5-9H,3-4H2,1-2H3,(H,17,18,19). The molecule has 0 fully saturated rings. The molecular weight excluding hydrogens is 323 g/mol. The molecular formula is C14H16BrFN4. The molecule has 0 unspecified atom stereocenters. The van der Waals surface area contributed by atoms with Gasteiger partial charge in [-0.05, 0) is 41.9 Å². The summed E-state index contributed by atoms with van der Waals surface area (Å²) in [6.45, 7) is 5.25. The van der Waals surface area contributed by atoms with Crippen LogP contribution in [0.1, 0.15) is 13.8 Å². The summed E-state index contributed by atoms with van der Waals surface area (Å²) in [5.74, 6) is 0.897. The van der Waals surface area contributed by atoms with Gasteiger partial charge in [0.05, 0.1) is 10.2 Å². The molecule has 20 heavy (non-hydrogen) atoms. The van der Waals surface area contributed by atoms with Gasteiger partial charge in [-0.3, -0.25) is 0 Å². The zero-order chi connectivity index (χ0) is 14.5. The zero-order valence-electron chi connectivity index (χ0n) is 11.4. The Hall–Kier alpha value is -1.69. The lowest BCUT2D eigenvalue weighted by Gasteiger charge is -2.23. The fourth-order valence-electron chi connectivity index (χ4n) is 1.90. The van der Waals surface area contributed by atoms with Crippen molar-refractivity contribution in [3.05, 3.63) is 40.8 Å².